The Labute approximate surface area is 118 Å². The van der Waals surface area contributed by atoms with E-state index in [0.29, 0.717) is 6.54 Å². The standard InChI is InChI=1S/C14H20N2O4/c1-11(10-19-15-17)16-8-7-13(18-2)14(9-16)20-12-5-3-4-6-12/h7,9-10,12H,3-6,8H2,1-2H3/b11-10+. The van der Waals surface area contributed by atoms with E-state index in [1.54, 1.807) is 7.11 Å². The molecule has 110 valence electrons. The third-order valence-electron chi connectivity index (χ3n) is 3.52. The zero-order valence-corrected chi connectivity index (χ0v) is 11.9. The molecule has 2 rings (SSSR count). The van der Waals surface area contributed by atoms with Crippen molar-refractivity contribution in [3.63, 3.8) is 0 Å². The van der Waals surface area contributed by atoms with Gasteiger partial charge in [-0.2, -0.15) is 0 Å². The van der Waals surface area contributed by atoms with E-state index in [0.717, 1.165) is 30.1 Å². The highest BCUT2D eigenvalue weighted by Gasteiger charge is 2.22. The molecule has 0 radical (unpaired) electrons. The molecule has 0 aromatic rings. The molecule has 0 N–H and O–H groups in total. The van der Waals surface area contributed by atoms with Crippen LogP contribution in [0.1, 0.15) is 32.6 Å². The second-order valence-electron chi connectivity index (χ2n) is 4.88. The van der Waals surface area contributed by atoms with Gasteiger partial charge in [0, 0.05) is 6.54 Å². The lowest BCUT2D eigenvalue weighted by Gasteiger charge is -2.27. The number of nitrogens with zero attached hydrogens (tertiary/aromatic N) is 2. The zero-order chi connectivity index (χ0) is 14.4. The van der Waals surface area contributed by atoms with Crippen molar-refractivity contribution in [3.8, 4) is 0 Å². The molecule has 0 aromatic carbocycles. The van der Waals surface area contributed by atoms with Gasteiger partial charge in [-0.1, -0.05) is 0 Å². The topological polar surface area (TPSA) is 60.4 Å². The molecule has 1 heterocycles. The predicted octanol–water partition coefficient (Wildman–Crippen LogP) is 3.19. The predicted molar refractivity (Wildman–Crippen MR) is 73.9 cm³/mol. The minimum absolute atomic E-state index is 0.261. The summed E-state index contributed by atoms with van der Waals surface area (Å²) in [6.45, 7) is 2.46. The summed E-state index contributed by atoms with van der Waals surface area (Å²) in [6.07, 6.45) is 9.98. The lowest BCUT2D eigenvalue weighted by molar-refractivity contribution is 0.0991. The molecule has 0 aromatic heterocycles. The maximum atomic E-state index is 9.98. The summed E-state index contributed by atoms with van der Waals surface area (Å²) >= 11 is 0. The van der Waals surface area contributed by atoms with Crippen molar-refractivity contribution in [3.05, 3.63) is 40.7 Å². The van der Waals surface area contributed by atoms with Crippen molar-refractivity contribution in [2.75, 3.05) is 13.7 Å². The molecule has 1 saturated carbocycles. The fourth-order valence-corrected chi connectivity index (χ4v) is 2.41. The Morgan fingerprint density at radius 1 is 1.40 bits per heavy atom. The van der Waals surface area contributed by atoms with Crippen molar-refractivity contribution in [1.82, 2.24) is 4.90 Å². The first-order valence-electron chi connectivity index (χ1n) is 6.79. The summed E-state index contributed by atoms with van der Waals surface area (Å²) in [5.41, 5.74) is 0.767. The summed E-state index contributed by atoms with van der Waals surface area (Å²) in [6, 6.07) is 0. The molecule has 2 aliphatic rings. The van der Waals surface area contributed by atoms with Gasteiger partial charge in [-0.05, 0) is 38.7 Å². The highest BCUT2D eigenvalue weighted by atomic mass is 16.7. The average Bonchev–Trinajstić information content (AvgIpc) is 2.97. The third-order valence-corrected chi connectivity index (χ3v) is 3.52. The Bertz CT molecular complexity index is 436. The minimum Gasteiger partial charge on any atom is -0.493 e. The lowest BCUT2D eigenvalue weighted by Crippen LogP contribution is -2.23. The summed E-state index contributed by atoms with van der Waals surface area (Å²) < 4.78 is 11.4. The fourth-order valence-electron chi connectivity index (χ4n) is 2.41. The summed E-state index contributed by atoms with van der Waals surface area (Å²) in [5.74, 6) is 1.47. The molecule has 0 atom stereocenters. The van der Waals surface area contributed by atoms with Crippen molar-refractivity contribution in [2.24, 2.45) is 5.34 Å². The van der Waals surface area contributed by atoms with Crippen LogP contribution in [0.25, 0.3) is 0 Å². The van der Waals surface area contributed by atoms with Crippen LogP contribution < -0.4 is 0 Å². The second-order valence-corrected chi connectivity index (χ2v) is 4.88. The molecule has 1 aliphatic heterocycles. The van der Waals surface area contributed by atoms with Gasteiger partial charge in [0.25, 0.3) is 0 Å². The Morgan fingerprint density at radius 3 is 2.80 bits per heavy atom. The van der Waals surface area contributed by atoms with Gasteiger partial charge in [0.05, 0.1) is 25.1 Å². The van der Waals surface area contributed by atoms with E-state index in [-0.39, 0.29) is 6.10 Å². The van der Waals surface area contributed by atoms with E-state index in [9.17, 15) is 4.91 Å². The highest BCUT2D eigenvalue weighted by molar-refractivity contribution is 5.26. The minimum atomic E-state index is 0.261. The monoisotopic (exact) mass is 280 g/mol. The van der Waals surface area contributed by atoms with Crippen molar-refractivity contribution in [1.29, 1.82) is 0 Å². The van der Waals surface area contributed by atoms with Crippen molar-refractivity contribution >= 4 is 0 Å². The number of rotatable bonds is 6. The summed E-state index contributed by atoms with van der Waals surface area (Å²) in [5, 5.41) is 2.36. The van der Waals surface area contributed by atoms with Crippen LogP contribution in [0.2, 0.25) is 0 Å². The van der Waals surface area contributed by atoms with Gasteiger partial charge < -0.3 is 19.2 Å². The Morgan fingerprint density at radius 2 is 2.15 bits per heavy atom. The van der Waals surface area contributed by atoms with E-state index >= 15 is 0 Å². The van der Waals surface area contributed by atoms with E-state index in [4.69, 9.17) is 9.47 Å². The number of hydrogen-bond donors (Lipinski definition) is 0. The molecule has 1 aliphatic carbocycles. The molecule has 0 unspecified atom stereocenters. The van der Waals surface area contributed by atoms with Crippen LogP contribution >= 0.6 is 0 Å². The fraction of sp³-hybridized carbons (Fsp3) is 0.571. The number of ether oxygens (including phenoxy) is 2. The first kappa shape index (κ1) is 14.4. The summed E-state index contributed by atoms with van der Waals surface area (Å²) in [4.78, 5) is 16.3. The van der Waals surface area contributed by atoms with Crippen LogP contribution in [0.3, 0.4) is 0 Å². The van der Waals surface area contributed by atoms with Gasteiger partial charge in [-0.3, -0.25) is 0 Å². The molecule has 0 bridgehead atoms. The van der Waals surface area contributed by atoms with Gasteiger partial charge in [0.2, 0.25) is 0 Å². The number of hydrogen-bond acceptors (Lipinski definition) is 6. The third kappa shape index (κ3) is 3.53. The molecule has 0 amide bonds. The normalized spacial score (nSPS) is 20.3. The second kappa shape index (κ2) is 6.98. The number of allylic oxidation sites excluding steroid dienone is 1. The molecular weight excluding hydrogens is 260 g/mol. The maximum absolute atomic E-state index is 9.98. The summed E-state index contributed by atoms with van der Waals surface area (Å²) in [7, 11) is 1.63. The first-order chi connectivity index (χ1) is 9.74. The Hall–Kier alpha value is -1.98. The van der Waals surface area contributed by atoms with Crippen LogP contribution in [-0.2, 0) is 14.3 Å². The van der Waals surface area contributed by atoms with Gasteiger partial charge in [0.1, 0.15) is 6.26 Å². The van der Waals surface area contributed by atoms with Crippen LogP contribution in [-0.4, -0.2) is 24.7 Å². The van der Waals surface area contributed by atoms with E-state index in [1.165, 1.54) is 19.1 Å². The molecular formula is C14H20N2O4. The van der Waals surface area contributed by atoms with E-state index in [2.05, 4.69) is 10.2 Å². The molecule has 6 heteroatoms. The molecule has 6 nitrogen and oxygen atoms in total. The Balaban J connectivity index is 2.08. The molecule has 1 fully saturated rings. The average molecular weight is 280 g/mol. The van der Waals surface area contributed by atoms with Crippen LogP contribution in [0.4, 0.5) is 0 Å². The van der Waals surface area contributed by atoms with Gasteiger partial charge in [-0.15, -0.1) is 4.91 Å². The van der Waals surface area contributed by atoms with Gasteiger partial charge in [-0.25, -0.2) is 0 Å². The number of methoxy groups -OCH3 is 1. The lowest BCUT2D eigenvalue weighted by atomic mass is 10.2. The highest BCUT2D eigenvalue weighted by Crippen LogP contribution is 2.28. The van der Waals surface area contributed by atoms with Crippen molar-refractivity contribution in [2.45, 2.75) is 38.7 Å². The van der Waals surface area contributed by atoms with Crippen molar-refractivity contribution < 1.29 is 14.3 Å². The maximum Gasteiger partial charge on any atom is 0.177 e. The van der Waals surface area contributed by atoms with E-state index < -0.39 is 0 Å². The quantitative estimate of drug-likeness (QED) is 0.425. The van der Waals surface area contributed by atoms with Gasteiger partial charge in [0.15, 0.2) is 16.9 Å². The molecule has 0 spiro atoms. The van der Waals surface area contributed by atoms with Crippen LogP contribution in [0.5, 0.6) is 0 Å². The first-order valence-corrected chi connectivity index (χ1v) is 6.79. The molecule has 0 saturated heterocycles. The zero-order valence-electron chi connectivity index (χ0n) is 11.9. The van der Waals surface area contributed by atoms with Gasteiger partial charge >= 0.3 is 0 Å². The largest absolute Gasteiger partial charge is 0.493 e. The van der Waals surface area contributed by atoms with Crippen LogP contribution in [0.15, 0.2) is 41.1 Å². The SMILES string of the molecule is COC1=CCN(/C(C)=C/ON=O)C=C1OC1CCCC1. The van der Waals surface area contributed by atoms with E-state index in [1.807, 2.05) is 24.1 Å². The Kier molecular flexibility index (Phi) is 5.03. The smallest absolute Gasteiger partial charge is 0.177 e. The molecule has 20 heavy (non-hydrogen) atoms. The van der Waals surface area contributed by atoms with Crippen LogP contribution in [0, 0.1) is 4.91 Å².